The van der Waals surface area contributed by atoms with Gasteiger partial charge in [0.15, 0.2) is 0 Å². The zero-order valence-electron chi connectivity index (χ0n) is 11.6. The number of ether oxygens (including phenoxy) is 1. The molecule has 17 heavy (non-hydrogen) atoms. The van der Waals surface area contributed by atoms with Crippen LogP contribution in [0.25, 0.3) is 0 Å². The van der Waals surface area contributed by atoms with Crippen LogP contribution in [0.4, 0.5) is 4.79 Å². The minimum absolute atomic E-state index is 0.0817. The van der Waals surface area contributed by atoms with Crippen LogP contribution >= 0.6 is 0 Å². The van der Waals surface area contributed by atoms with Crippen LogP contribution in [0, 0.1) is 5.92 Å². The van der Waals surface area contributed by atoms with Crippen LogP contribution in [0.1, 0.15) is 41.5 Å². The van der Waals surface area contributed by atoms with E-state index in [2.05, 4.69) is 10.6 Å². The van der Waals surface area contributed by atoms with Gasteiger partial charge >= 0.3 is 6.09 Å². The van der Waals surface area contributed by atoms with Crippen LogP contribution in [-0.4, -0.2) is 30.2 Å². The lowest BCUT2D eigenvalue weighted by Crippen LogP contribution is -2.49. The minimum Gasteiger partial charge on any atom is -0.450 e. The molecule has 0 saturated heterocycles. The van der Waals surface area contributed by atoms with Crippen molar-refractivity contribution in [2.24, 2.45) is 5.92 Å². The number of hydrogen-bond acceptors (Lipinski definition) is 3. The summed E-state index contributed by atoms with van der Waals surface area (Å²) in [5.74, 6) is -0.388. The lowest BCUT2D eigenvalue weighted by Gasteiger charge is -2.26. The molecule has 0 bridgehead atoms. The molecule has 5 nitrogen and oxygen atoms in total. The molecule has 5 heteroatoms. The minimum atomic E-state index is -0.490. The molecular formula is C12H24N2O3. The molecule has 2 amide bonds. The van der Waals surface area contributed by atoms with Crippen molar-refractivity contribution >= 4 is 12.0 Å². The normalized spacial score (nSPS) is 14.7. The fourth-order valence-corrected chi connectivity index (χ4v) is 1.19. The number of carbonyl (C=O) groups excluding carboxylic acids is 2. The molecule has 2 unspecified atom stereocenters. The van der Waals surface area contributed by atoms with E-state index >= 15 is 0 Å². The number of hydrogen-bond donors (Lipinski definition) is 2. The molecule has 0 aliphatic rings. The van der Waals surface area contributed by atoms with Crippen molar-refractivity contribution in [2.75, 3.05) is 6.61 Å². The van der Waals surface area contributed by atoms with E-state index in [0.29, 0.717) is 6.61 Å². The largest absolute Gasteiger partial charge is 0.450 e. The summed E-state index contributed by atoms with van der Waals surface area (Å²) in [4.78, 5) is 23.0. The Morgan fingerprint density at radius 1 is 1.24 bits per heavy atom. The third-order valence-electron chi connectivity index (χ3n) is 2.28. The first-order chi connectivity index (χ1) is 7.67. The molecule has 0 fully saturated rings. The standard InChI is InChI=1S/C12H24N2O3/c1-7-17-11(16)13-9(3)8(2)10(15)14-12(4,5)6/h8-9H,7H2,1-6H3,(H,13,16)(H,14,15). The van der Waals surface area contributed by atoms with E-state index in [1.54, 1.807) is 20.8 Å². The highest BCUT2D eigenvalue weighted by Crippen LogP contribution is 2.07. The Morgan fingerprint density at radius 3 is 2.18 bits per heavy atom. The van der Waals surface area contributed by atoms with Crippen LogP contribution in [0.15, 0.2) is 0 Å². The predicted octanol–water partition coefficient (Wildman–Crippen LogP) is 1.67. The van der Waals surface area contributed by atoms with Gasteiger partial charge in [-0.25, -0.2) is 4.79 Å². The third-order valence-corrected chi connectivity index (χ3v) is 2.28. The van der Waals surface area contributed by atoms with Crippen LogP contribution < -0.4 is 10.6 Å². The number of rotatable bonds is 4. The Labute approximate surface area is 103 Å². The molecule has 0 aromatic rings. The summed E-state index contributed by atoms with van der Waals surface area (Å²) in [6.45, 7) is 11.4. The first-order valence-electron chi connectivity index (χ1n) is 5.92. The molecule has 100 valence electrons. The van der Waals surface area contributed by atoms with Crippen LogP contribution in [0.2, 0.25) is 0 Å². The fourth-order valence-electron chi connectivity index (χ4n) is 1.19. The monoisotopic (exact) mass is 244 g/mol. The van der Waals surface area contributed by atoms with E-state index in [-0.39, 0.29) is 23.4 Å². The highest BCUT2D eigenvalue weighted by Gasteiger charge is 2.25. The fraction of sp³-hybridized carbons (Fsp3) is 0.833. The van der Waals surface area contributed by atoms with Crippen molar-refractivity contribution in [1.29, 1.82) is 0 Å². The highest BCUT2D eigenvalue weighted by molar-refractivity contribution is 5.80. The van der Waals surface area contributed by atoms with Gasteiger partial charge in [-0.15, -0.1) is 0 Å². The molecule has 0 aromatic carbocycles. The number of carbonyl (C=O) groups is 2. The maximum Gasteiger partial charge on any atom is 0.407 e. The zero-order valence-corrected chi connectivity index (χ0v) is 11.6. The average molecular weight is 244 g/mol. The molecule has 0 heterocycles. The van der Waals surface area contributed by atoms with Crippen LogP contribution in [0.5, 0.6) is 0 Å². The van der Waals surface area contributed by atoms with Gasteiger partial charge in [0.1, 0.15) is 0 Å². The van der Waals surface area contributed by atoms with Crippen molar-refractivity contribution in [1.82, 2.24) is 10.6 Å². The van der Waals surface area contributed by atoms with Gasteiger partial charge in [0.2, 0.25) is 5.91 Å². The van der Waals surface area contributed by atoms with Crippen molar-refractivity contribution in [2.45, 2.75) is 53.1 Å². The van der Waals surface area contributed by atoms with E-state index in [1.807, 2.05) is 20.8 Å². The topological polar surface area (TPSA) is 67.4 Å². The molecule has 0 aliphatic carbocycles. The zero-order chi connectivity index (χ0) is 13.6. The summed E-state index contributed by atoms with van der Waals surface area (Å²) in [5, 5.41) is 5.50. The van der Waals surface area contributed by atoms with Gasteiger partial charge in [0, 0.05) is 11.6 Å². The van der Waals surface area contributed by atoms with E-state index < -0.39 is 6.09 Å². The van der Waals surface area contributed by atoms with Gasteiger partial charge < -0.3 is 15.4 Å². The summed E-state index contributed by atoms with van der Waals surface area (Å²) in [6.07, 6.45) is -0.490. The van der Waals surface area contributed by atoms with E-state index in [9.17, 15) is 9.59 Å². The molecule has 0 aromatic heterocycles. The van der Waals surface area contributed by atoms with Gasteiger partial charge in [-0.3, -0.25) is 4.79 Å². The van der Waals surface area contributed by atoms with Gasteiger partial charge in [-0.2, -0.15) is 0 Å². The predicted molar refractivity (Wildman–Crippen MR) is 66.7 cm³/mol. The summed E-state index contributed by atoms with van der Waals surface area (Å²) in [5.41, 5.74) is -0.269. The summed E-state index contributed by atoms with van der Waals surface area (Å²) in [6, 6.07) is -0.267. The molecule has 0 saturated carbocycles. The lowest BCUT2D eigenvalue weighted by molar-refractivity contribution is -0.126. The first-order valence-corrected chi connectivity index (χ1v) is 5.92. The van der Waals surface area contributed by atoms with Gasteiger partial charge in [-0.1, -0.05) is 6.92 Å². The summed E-state index contributed by atoms with van der Waals surface area (Å²) >= 11 is 0. The number of nitrogens with one attached hydrogen (secondary N) is 2. The molecular weight excluding hydrogens is 220 g/mol. The smallest absolute Gasteiger partial charge is 0.407 e. The van der Waals surface area contributed by atoms with Gasteiger partial charge in [-0.05, 0) is 34.6 Å². The Bertz CT molecular complexity index is 271. The molecule has 2 atom stereocenters. The Balaban J connectivity index is 4.25. The molecule has 0 aliphatic heterocycles. The molecule has 0 radical (unpaired) electrons. The van der Waals surface area contributed by atoms with Crippen molar-refractivity contribution in [3.8, 4) is 0 Å². The summed E-state index contributed by atoms with van der Waals surface area (Å²) < 4.78 is 4.76. The Kier molecular flexibility index (Phi) is 5.99. The Morgan fingerprint density at radius 2 is 1.76 bits per heavy atom. The second-order valence-electron chi connectivity index (χ2n) is 5.18. The van der Waals surface area contributed by atoms with Crippen molar-refractivity contribution in [3.63, 3.8) is 0 Å². The quantitative estimate of drug-likeness (QED) is 0.790. The van der Waals surface area contributed by atoms with Crippen LogP contribution in [-0.2, 0) is 9.53 Å². The van der Waals surface area contributed by atoms with Crippen LogP contribution in [0.3, 0.4) is 0 Å². The second kappa shape index (κ2) is 6.47. The SMILES string of the molecule is CCOC(=O)NC(C)C(C)C(=O)NC(C)(C)C. The van der Waals surface area contributed by atoms with Crippen molar-refractivity contribution < 1.29 is 14.3 Å². The van der Waals surface area contributed by atoms with E-state index in [0.717, 1.165) is 0 Å². The van der Waals surface area contributed by atoms with Crippen molar-refractivity contribution in [3.05, 3.63) is 0 Å². The van der Waals surface area contributed by atoms with Gasteiger partial charge in [0.25, 0.3) is 0 Å². The Hall–Kier alpha value is -1.26. The second-order valence-corrected chi connectivity index (χ2v) is 5.18. The average Bonchev–Trinajstić information content (AvgIpc) is 2.13. The highest BCUT2D eigenvalue weighted by atomic mass is 16.5. The lowest BCUT2D eigenvalue weighted by atomic mass is 10.0. The van der Waals surface area contributed by atoms with Gasteiger partial charge in [0.05, 0.1) is 12.5 Å². The first kappa shape index (κ1) is 15.7. The maximum absolute atomic E-state index is 11.8. The maximum atomic E-state index is 11.8. The summed E-state index contributed by atoms with van der Waals surface area (Å²) in [7, 11) is 0. The van der Waals surface area contributed by atoms with E-state index in [4.69, 9.17) is 4.74 Å². The number of alkyl carbamates (subject to hydrolysis) is 1. The molecule has 0 spiro atoms. The third kappa shape index (κ3) is 6.81. The van der Waals surface area contributed by atoms with E-state index in [1.165, 1.54) is 0 Å². The molecule has 0 rings (SSSR count). The number of amides is 2. The molecule has 2 N–H and O–H groups in total.